The average Bonchev–Trinajstić information content (AvgIpc) is 2.23. The molecule has 0 spiro atoms. The van der Waals surface area contributed by atoms with Gasteiger partial charge in [0, 0.05) is 18.6 Å². The Kier molecular flexibility index (Phi) is 6.17. The smallest absolute Gasteiger partial charge is 0.126 e. The Morgan fingerprint density at radius 2 is 2.07 bits per heavy atom. The fourth-order valence-electron chi connectivity index (χ4n) is 1.42. The van der Waals surface area contributed by atoms with Crippen LogP contribution in [0.3, 0.4) is 0 Å². The Hall–Kier alpha value is -0.760. The summed E-state index contributed by atoms with van der Waals surface area (Å²) in [5, 5.41) is 3.32. The lowest BCUT2D eigenvalue weighted by molar-refractivity contribution is 0.687. The number of unbranched alkanes of at least 4 members (excludes halogenated alkanes) is 3. The second kappa shape index (κ2) is 7.52. The molecule has 84 valence electrons. The van der Waals surface area contributed by atoms with E-state index in [-0.39, 0.29) is 0 Å². The first-order valence-corrected chi connectivity index (χ1v) is 6.09. The summed E-state index contributed by atoms with van der Waals surface area (Å²) in [5.41, 5.74) is 1.25. The third kappa shape index (κ3) is 5.63. The average molecular weight is 227 g/mol. The molecule has 0 unspecified atom stereocenters. The van der Waals surface area contributed by atoms with Crippen molar-refractivity contribution in [1.29, 1.82) is 0 Å². The van der Waals surface area contributed by atoms with Gasteiger partial charge in [0.1, 0.15) is 5.82 Å². The van der Waals surface area contributed by atoms with Gasteiger partial charge in [-0.15, -0.1) is 11.6 Å². The SMILES string of the molecule is Cc1ccnc(NCCCCCCCl)c1. The van der Waals surface area contributed by atoms with Crippen LogP contribution in [0.2, 0.25) is 0 Å². The number of alkyl halides is 1. The van der Waals surface area contributed by atoms with Crippen molar-refractivity contribution in [3.63, 3.8) is 0 Å². The molecule has 0 atom stereocenters. The molecule has 0 saturated carbocycles. The van der Waals surface area contributed by atoms with Crippen molar-refractivity contribution in [2.45, 2.75) is 32.6 Å². The molecule has 0 aliphatic carbocycles. The van der Waals surface area contributed by atoms with Gasteiger partial charge in [0.05, 0.1) is 0 Å². The minimum absolute atomic E-state index is 0.785. The summed E-state index contributed by atoms with van der Waals surface area (Å²) in [6.07, 6.45) is 6.62. The second-order valence-corrected chi connectivity index (χ2v) is 4.13. The highest BCUT2D eigenvalue weighted by Gasteiger charge is 1.93. The fraction of sp³-hybridized carbons (Fsp3) is 0.583. The van der Waals surface area contributed by atoms with E-state index in [9.17, 15) is 0 Å². The summed E-state index contributed by atoms with van der Waals surface area (Å²) in [5.74, 6) is 1.76. The zero-order chi connectivity index (χ0) is 10.9. The van der Waals surface area contributed by atoms with E-state index in [0.717, 1.165) is 24.7 Å². The zero-order valence-corrected chi connectivity index (χ0v) is 10.1. The van der Waals surface area contributed by atoms with Crippen LogP contribution in [-0.4, -0.2) is 17.4 Å². The minimum atomic E-state index is 0.785. The molecule has 0 aromatic carbocycles. The predicted octanol–water partition coefficient (Wildman–Crippen LogP) is 3.60. The first-order valence-electron chi connectivity index (χ1n) is 5.55. The predicted molar refractivity (Wildman–Crippen MR) is 66.7 cm³/mol. The van der Waals surface area contributed by atoms with Crippen LogP contribution in [0.1, 0.15) is 31.2 Å². The number of nitrogens with one attached hydrogen (secondary N) is 1. The summed E-state index contributed by atoms with van der Waals surface area (Å²) in [6, 6.07) is 4.07. The number of hydrogen-bond acceptors (Lipinski definition) is 2. The molecule has 15 heavy (non-hydrogen) atoms. The first-order chi connectivity index (χ1) is 7.33. The van der Waals surface area contributed by atoms with E-state index in [0.29, 0.717) is 0 Å². The molecular formula is C12H19ClN2. The van der Waals surface area contributed by atoms with E-state index in [1.807, 2.05) is 12.3 Å². The molecule has 0 aliphatic rings. The monoisotopic (exact) mass is 226 g/mol. The van der Waals surface area contributed by atoms with Crippen LogP contribution >= 0.6 is 11.6 Å². The lowest BCUT2D eigenvalue weighted by Crippen LogP contribution is -2.03. The van der Waals surface area contributed by atoms with Gasteiger partial charge in [0.2, 0.25) is 0 Å². The van der Waals surface area contributed by atoms with Crippen molar-refractivity contribution >= 4 is 17.4 Å². The van der Waals surface area contributed by atoms with Crippen LogP contribution in [0.5, 0.6) is 0 Å². The Morgan fingerprint density at radius 1 is 1.27 bits per heavy atom. The largest absolute Gasteiger partial charge is 0.370 e. The number of hydrogen-bond donors (Lipinski definition) is 1. The Bertz CT molecular complexity index is 276. The van der Waals surface area contributed by atoms with Crippen LogP contribution in [0, 0.1) is 6.92 Å². The van der Waals surface area contributed by atoms with Crippen molar-refractivity contribution < 1.29 is 0 Å². The van der Waals surface area contributed by atoms with Crippen molar-refractivity contribution in [2.75, 3.05) is 17.7 Å². The van der Waals surface area contributed by atoms with E-state index < -0.39 is 0 Å². The van der Waals surface area contributed by atoms with E-state index in [2.05, 4.69) is 23.3 Å². The third-order valence-electron chi connectivity index (χ3n) is 2.28. The standard InChI is InChI=1S/C12H19ClN2/c1-11-6-9-15-12(10-11)14-8-5-3-2-4-7-13/h6,9-10H,2-5,7-8H2,1H3,(H,14,15). The molecule has 0 bridgehead atoms. The zero-order valence-electron chi connectivity index (χ0n) is 9.30. The summed E-state index contributed by atoms with van der Waals surface area (Å²) < 4.78 is 0. The van der Waals surface area contributed by atoms with Crippen molar-refractivity contribution in [1.82, 2.24) is 4.98 Å². The number of rotatable bonds is 7. The number of halogens is 1. The number of anilines is 1. The van der Waals surface area contributed by atoms with Crippen molar-refractivity contribution in [2.24, 2.45) is 0 Å². The summed E-state index contributed by atoms with van der Waals surface area (Å²) in [6.45, 7) is 3.08. The van der Waals surface area contributed by atoms with Gasteiger partial charge in [-0.05, 0) is 37.5 Å². The third-order valence-corrected chi connectivity index (χ3v) is 2.55. The van der Waals surface area contributed by atoms with Gasteiger partial charge in [-0.3, -0.25) is 0 Å². The summed E-state index contributed by atoms with van der Waals surface area (Å²) >= 11 is 5.60. The second-order valence-electron chi connectivity index (χ2n) is 3.75. The topological polar surface area (TPSA) is 24.9 Å². The van der Waals surface area contributed by atoms with Gasteiger partial charge >= 0.3 is 0 Å². The Morgan fingerprint density at radius 3 is 2.80 bits per heavy atom. The first kappa shape index (κ1) is 12.3. The van der Waals surface area contributed by atoms with Crippen LogP contribution in [0.4, 0.5) is 5.82 Å². The van der Waals surface area contributed by atoms with E-state index in [1.165, 1.54) is 24.8 Å². The van der Waals surface area contributed by atoms with Gasteiger partial charge in [-0.25, -0.2) is 4.98 Å². The maximum atomic E-state index is 5.60. The van der Waals surface area contributed by atoms with Crippen LogP contribution in [0.15, 0.2) is 18.3 Å². The van der Waals surface area contributed by atoms with Gasteiger partial charge in [-0.1, -0.05) is 12.8 Å². The molecule has 3 heteroatoms. The number of nitrogens with zero attached hydrogens (tertiary/aromatic N) is 1. The lowest BCUT2D eigenvalue weighted by atomic mass is 10.2. The highest BCUT2D eigenvalue weighted by molar-refractivity contribution is 6.17. The fourth-order valence-corrected chi connectivity index (χ4v) is 1.61. The van der Waals surface area contributed by atoms with Gasteiger partial charge in [0.15, 0.2) is 0 Å². The molecule has 2 nitrogen and oxygen atoms in total. The van der Waals surface area contributed by atoms with Gasteiger partial charge in [0.25, 0.3) is 0 Å². The lowest BCUT2D eigenvalue weighted by Gasteiger charge is -2.05. The van der Waals surface area contributed by atoms with E-state index in [4.69, 9.17) is 11.6 Å². The molecule has 1 aromatic heterocycles. The molecule has 1 rings (SSSR count). The number of aromatic nitrogens is 1. The van der Waals surface area contributed by atoms with E-state index >= 15 is 0 Å². The maximum Gasteiger partial charge on any atom is 0.126 e. The van der Waals surface area contributed by atoms with Gasteiger partial charge < -0.3 is 5.32 Å². The van der Waals surface area contributed by atoms with Gasteiger partial charge in [-0.2, -0.15) is 0 Å². The molecule has 1 heterocycles. The molecule has 1 N–H and O–H groups in total. The molecule has 0 aliphatic heterocycles. The quantitative estimate of drug-likeness (QED) is 0.568. The molecule has 1 aromatic rings. The van der Waals surface area contributed by atoms with Crippen LogP contribution < -0.4 is 5.32 Å². The number of aryl methyl sites for hydroxylation is 1. The summed E-state index contributed by atoms with van der Waals surface area (Å²) in [4.78, 5) is 4.24. The highest BCUT2D eigenvalue weighted by Crippen LogP contribution is 2.06. The molecule has 0 fully saturated rings. The molecule has 0 saturated heterocycles. The van der Waals surface area contributed by atoms with E-state index in [1.54, 1.807) is 0 Å². The highest BCUT2D eigenvalue weighted by atomic mass is 35.5. The molecule has 0 amide bonds. The Balaban J connectivity index is 2.10. The van der Waals surface area contributed by atoms with Crippen molar-refractivity contribution in [3.8, 4) is 0 Å². The van der Waals surface area contributed by atoms with Crippen LogP contribution in [-0.2, 0) is 0 Å². The Labute approximate surface area is 97.1 Å². The van der Waals surface area contributed by atoms with Crippen LogP contribution in [0.25, 0.3) is 0 Å². The summed E-state index contributed by atoms with van der Waals surface area (Å²) in [7, 11) is 0. The number of pyridine rings is 1. The molecule has 0 radical (unpaired) electrons. The van der Waals surface area contributed by atoms with Crippen molar-refractivity contribution in [3.05, 3.63) is 23.9 Å². The minimum Gasteiger partial charge on any atom is -0.370 e. The normalized spacial score (nSPS) is 10.3. The molecular weight excluding hydrogens is 208 g/mol. The maximum absolute atomic E-state index is 5.60.